The zero-order valence-corrected chi connectivity index (χ0v) is 8.07. The Morgan fingerprint density at radius 2 is 1.73 bits per heavy atom. The van der Waals surface area contributed by atoms with E-state index in [0.717, 1.165) is 0 Å². The lowest BCUT2D eigenvalue weighted by atomic mass is 10.4. The van der Waals surface area contributed by atoms with Crippen molar-refractivity contribution in [2.75, 3.05) is 12.3 Å². The van der Waals surface area contributed by atoms with Crippen molar-refractivity contribution in [1.82, 2.24) is 0 Å². The molecular formula is C10H14P. The fourth-order valence-corrected chi connectivity index (χ4v) is 2.93. The van der Waals surface area contributed by atoms with Crippen LogP contribution in [0.1, 0.15) is 13.8 Å². The van der Waals surface area contributed by atoms with Crippen molar-refractivity contribution in [3.8, 4) is 0 Å². The van der Waals surface area contributed by atoms with Gasteiger partial charge in [0, 0.05) is 0 Å². The van der Waals surface area contributed by atoms with Gasteiger partial charge in [0.05, 0.1) is 0 Å². The molecule has 59 valence electrons. The summed E-state index contributed by atoms with van der Waals surface area (Å²) in [6, 6.07) is 11.5. The van der Waals surface area contributed by atoms with Crippen LogP contribution in [0.2, 0.25) is 0 Å². The predicted molar refractivity (Wildman–Crippen MR) is 52.9 cm³/mol. The molecule has 1 aromatic rings. The highest BCUT2D eigenvalue weighted by molar-refractivity contribution is 7.65. The Morgan fingerprint density at radius 1 is 1.18 bits per heavy atom. The number of hydrogen-bond donors (Lipinski definition) is 0. The molecule has 1 aromatic carbocycles. The highest BCUT2D eigenvalue weighted by Gasteiger charge is 2.03. The van der Waals surface area contributed by atoms with Crippen LogP contribution in [-0.4, -0.2) is 12.3 Å². The summed E-state index contributed by atoms with van der Waals surface area (Å²) in [6.07, 6.45) is 2.60. The standard InChI is InChI=1S/C10H14P/c1-3-11(4-2)10-8-6-5-7-9-10/h6-9H,3-4H2,1-2H3. The topological polar surface area (TPSA) is 0 Å². The van der Waals surface area contributed by atoms with Crippen molar-refractivity contribution in [3.05, 3.63) is 30.3 Å². The zero-order chi connectivity index (χ0) is 8.10. The molecule has 0 spiro atoms. The number of benzene rings is 1. The van der Waals surface area contributed by atoms with Crippen LogP contribution >= 0.6 is 7.92 Å². The fourth-order valence-electron chi connectivity index (χ4n) is 1.18. The van der Waals surface area contributed by atoms with Crippen LogP contribution in [0.3, 0.4) is 0 Å². The number of rotatable bonds is 3. The smallest absolute Gasteiger partial charge is 0.0184 e. The van der Waals surface area contributed by atoms with E-state index in [1.165, 1.54) is 17.6 Å². The molecule has 1 rings (SSSR count). The lowest BCUT2D eigenvalue weighted by Gasteiger charge is -2.12. The van der Waals surface area contributed by atoms with E-state index in [2.05, 4.69) is 32.0 Å². The summed E-state index contributed by atoms with van der Waals surface area (Å²) < 4.78 is 0. The molecule has 0 heterocycles. The van der Waals surface area contributed by atoms with Crippen LogP contribution in [0.5, 0.6) is 0 Å². The van der Waals surface area contributed by atoms with Crippen molar-refractivity contribution < 1.29 is 0 Å². The summed E-state index contributed by atoms with van der Waals surface area (Å²) in [6.45, 7) is 4.54. The van der Waals surface area contributed by atoms with Gasteiger partial charge in [-0.05, 0) is 23.7 Å². The molecule has 0 amide bonds. The molecule has 0 aliphatic rings. The van der Waals surface area contributed by atoms with Crippen LogP contribution in [0.25, 0.3) is 0 Å². The van der Waals surface area contributed by atoms with Crippen LogP contribution in [0, 0.1) is 6.07 Å². The molecule has 0 saturated heterocycles. The molecule has 1 heteroatoms. The summed E-state index contributed by atoms with van der Waals surface area (Å²) in [5, 5.41) is 1.52. The molecule has 0 fully saturated rings. The Hall–Kier alpha value is -0.350. The second-order valence-corrected chi connectivity index (χ2v) is 5.29. The summed E-state index contributed by atoms with van der Waals surface area (Å²) >= 11 is 0. The van der Waals surface area contributed by atoms with Crippen LogP contribution in [-0.2, 0) is 0 Å². The van der Waals surface area contributed by atoms with E-state index in [1.807, 2.05) is 12.1 Å². The molecule has 0 aliphatic heterocycles. The second-order valence-electron chi connectivity index (χ2n) is 2.43. The van der Waals surface area contributed by atoms with Crippen LogP contribution < -0.4 is 5.30 Å². The average molecular weight is 165 g/mol. The summed E-state index contributed by atoms with van der Waals surface area (Å²) in [4.78, 5) is 0. The van der Waals surface area contributed by atoms with Crippen LogP contribution in [0.15, 0.2) is 24.3 Å². The molecule has 0 bridgehead atoms. The Bertz CT molecular complexity index is 189. The predicted octanol–water partition coefficient (Wildman–Crippen LogP) is 2.63. The Morgan fingerprint density at radius 3 is 2.18 bits per heavy atom. The highest BCUT2D eigenvalue weighted by atomic mass is 31.1. The van der Waals surface area contributed by atoms with Gasteiger partial charge in [-0.25, -0.2) is 0 Å². The van der Waals surface area contributed by atoms with Gasteiger partial charge in [-0.3, -0.25) is 0 Å². The van der Waals surface area contributed by atoms with E-state index in [-0.39, 0.29) is 7.92 Å². The van der Waals surface area contributed by atoms with E-state index < -0.39 is 0 Å². The molecule has 0 atom stereocenters. The zero-order valence-electron chi connectivity index (χ0n) is 7.17. The SMILES string of the molecule is CCP(CC)c1cc[c]cc1. The normalized spacial score (nSPS) is 10.5. The average Bonchev–Trinajstić information content (AvgIpc) is 2.09. The first-order valence-corrected chi connectivity index (χ1v) is 5.80. The van der Waals surface area contributed by atoms with Crippen molar-refractivity contribution in [3.63, 3.8) is 0 Å². The van der Waals surface area contributed by atoms with Gasteiger partial charge >= 0.3 is 0 Å². The molecule has 0 N–H and O–H groups in total. The minimum Gasteiger partial charge on any atom is -0.0759 e. The molecule has 0 aliphatic carbocycles. The van der Waals surface area contributed by atoms with Gasteiger partial charge in [0.1, 0.15) is 0 Å². The van der Waals surface area contributed by atoms with E-state index in [1.54, 1.807) is 0 Å². The largest absolute Gasteiger partial charge is 0.0759 e. The third-order valence-corrected chi connectivity index (χ3v) is 4.38. The van der Waals surface area contributed by atoms with Gasteiger partial charge in [-0.2, -0.15) is 0 Å². The van der Waals surface area contributed by atoms with Crippen molar-refractivity contribution >= 4 is 13.2 Å². The van der Waals surface area contributed by atoms with Gasteiger partial charge in [0.2, 0.25) is 0 Å². The first-order chi connectivity index (χ1) is 5.38. The summed E-state index contributed by atoms with van der Waals surface area (Å²) in [5.74, 6) is 0. The highest BCUT2D eigenvalue weighted by Crippen LogP contribution is 2.32. The van der Waals surface area contributed by atoms with Gasteiger partial charge in [-0.15, -0.1) is 0 Å². The number of hydrogen-bond acceptors (Lipinski definition) is 0. The lowest BCUT2D eigenvalue weighted by molar-refractivity contribution is 1.42. The molecule has 11 heavy (non-hydrogen) atoms. The van der Waals surface area contributed by atoms with Gasteiger partial charge in [0.25, 0.3) is 0 Å². The maximum Gasteiger partial charge on any atom is -0.0184 e. The molecule has 0 nitrogen and oxygen atoms in total. The van der Waals surface area contributed by atoms with Crippen LogP contribution in [0.4, 0.5) is 0 Å². The van der Waals surface area contributed by atoms with E-state index >= 15 is 0 Å². The molecule has 0 unspecified atom stereocenters. The van der Waals surface area contributed by atoms with Crippen molar-refractivity contribution in [2.24, 2.45) is 0 Å². The van der Waals surface area contributed by atoms with E-state index in [9.17, 15) is 0 Å². The quantitative estimate of drug-likeness (QED) is 0.604. The maximum atomic E-state index is 3.05. The third kappa shape index (κ3) is 2.31. The maximum absolute atomic E-state index is 3.05. The molecular weight excluding hydrogens is 151 g/mol. The second kappa shape index (κ2) is 4.51. The summed E-state index contributed by atoms with van der Waals surface area (Å²) in [7, 11) is 0.129. The monoisotopic (exact) mass is 165 g/mol. The fraction of sp³-hybridized carbons (Fsp3) is 0.400. The third-order valence-electron chi connectivity index (χ3n) is 1.83. The summed E-state index contributed by atoms with van der Waals surface area (Å²) in [5.41, 5.74) is 0. The lowest BCUT2D eigenvalue weighted by Crippen LogP contribution is -2.02. The van der Waals surface area contributed by atoms with Gasteiger partial charge in [-0.1, -0.05) is 46.0 Å². The minimum absolute atomic E-state index is 0.129. The van der Waals surface area contributed by atoms with E-state index in [4.69, 9.17) is 0 Å². The molecule has 0 aromatic heterocycles. The first-order valence-electron chi connectivity index (χ1n) is 4.09. The van der Waals surface area contributed by atoms with E-state index in [0.29, 0.717) is 0 Å². The molecule has 0 saturated carbocycles. The molecule has 1 radical (unpaired) electrons. The van der Waals surface area contributed by atoms with Gasteiger partial charge < -0.3 is 0 Å². The Labute approximate surface area is 70.4 Å². The first kappa shape index (κ1) is 8.74. The Kier molecular flexibility index (Phi) is 3.59. The Balaban J connectivity index is 2.74. The van der Waals surface area contributed by atoms with Gasteiger partial charge in [0.15, 0.2) is 0 Å². The van der Waals surface area contributed by atoms with Crippen molar-refractivity contribution in [1.29, 1.82) is 0 Å². The minimum atomic E-state index is 0.129. The van der Waals surface area contributed by atoms with Crippen molar-refractivity contribution in [2.45, 2.75) is 13.8 Å².